The van der Waals surface area contributed by atoms with Gasteiger partial charge in [-0.2, -0.15) is 0 Å². The molecule has 2 N–H and O–H groups in total. The zero-order valence-corrected chi connectivity index (χ0v) is 12.0. The fourth-order valence-electron chi connectivity index (χ4n) is 2.25. The molecule has 0 aromatic carbocycles. The second-order valence-corrected chi connectivity index (χ2v) is 5.67. The molecule has 0 fully saturated rings. The summed E-state index contributed by atoms with van der Waals surface area (Å²) in [6.07, 6.45) is 3.53. The van der Waals surface area contributed by atoms with E-state index in [0.29, 0.717) is 6.42 Å². The Bertz CT molecular complexity index is 434. The van der Waals surface area contributed by atoms with Gasteiger partial charge in [0.2, 0.25) is 0 Å². The number of ether oxygens (including phenoxy) is 1. The maximum absolute atomic E-state index is 11.2. The van der Waals surface area contributed by atoms with Crippen LogP contribution < -0.4 is 5.32 Å². The molecular weight excluding hydrogens is 264 g/mol. The predicted molar refractivity (Wildman–Crippen MR) is 75.0 cm³/mol. The van der Waals surface area contributed by atoms with Crippen molar-refractivity contribution in [1.29, 1.82) is 0 Å². The largest absolute Gasteiger partial charge is 0.481 e. The Hall–Kier alpha value is -1.14. The molecule has 1 aromatic rings. The molecule has 1 unspecified atom stereocenters. The van der Waals surface area contributed by atoms with Crippen LogP contribution in [-0.2, 0) is 16.0 Å². The number of aromatic nitrogens is 1. The highest BCUT2D eigenvalue weighted by atomic mass is 32.1. The van der Waals surface area contributed by atoms with E-state index < -0.39 is 11.9 Å². The van der Waals surface area contributed by atoms with E-state index >= 15 is 0 Å². The Morgan fingerprint density at radius 1 is 1.63 bits per heavy atom. The van der Waals surface area contributed by atoms with E-state index in [0.717, 1.165) is 54.7 Å². The number of aryl methyl sites for hydroxylation is 1. The van der Waals surface area contributed by atoms with Gasteiger partial charge in [-0.25, -0.2) is 4.98 Å². The summed E-state index contributed by atoms with van der Waals surface area (Å²) in [6, 6.07) is 0. The molecule has 1 aromatic heterocycles. The summed E-state index contributed by atoms with van der Waals surface area (Å²) in [4.78, 5) is 16.8. The number of carboxylic acids is 1. The predicted octanol–water partition coefficient (Wildman–Crippen LogP) is 2.49. The molecule has 1 aliphatic carbocycles. The van der Waals surface area contributed by atoms with Crippen LogP contribution in [0.5, 0.6) is 0 Å². The summed E-state index contributed by atoms with van der Waals surface area (Å²) < 4.78 is 5.27. The summed E-state index contributed by atoms with van der Waals surface area (Å²) in [6.45, 7) is 4.27. The number of thiazole rings is 1. The second-order valence-electron chi connectivity index (χ2n) is 4.59. The number of carbonyl (C=O) groups is 1. The lowest BCUT2D eigenvalue weighted by atomic mass is 9.91. The number of hydrogen-bond acceptors (Lipinski definition) is 5. The summed E-state index contributed by atoms with van der Waals surface area (Å²) in [7, 11) is 0. The fourth-order valence-corrected chi connectivity index (χ4v) is 3.34. The third-order valence-electron chi connectivity index (χ3n) is 3.20. The number of nitrogens with one attached hydrogen (secondary N) is 1. The number of nitrogens with zero attached hydrogens (tertiary/aromatic N) is 1. The highest BCUT2D eigenvalue weighted by Gasteiger charge is 2.29. The lowest BCUT2D eigenvalue weighted by Crippen LogP contribution is -2.17. The molecule has 1 aliphatic rings. The van der Waals surface area contributed by atoms with Crippen LogP contribution in [0, 0.1) is 0 Å². The van der Waals surface area contributed by atoms with E-state index in [1.165, 1.54) is 0 Å². The first kappa shape index (κ1) is 14.3. The summed E-state index contributed by atoms with van der Waals surface area (Å²) >= 11 is 1.59. The molecule has 0 radical (unpaired) electrons. The third kappa shape index (κ3) is 3.67. The first-order valence-corrected chi connectivity index (χ1v) is 7.58. The minimum atomic E-state index is -0.755. The van der Waals surface area contributed by atoms with Gasteiger partial charge in [0, 0.05) is 24.6 Å². The lowest BCUT2D eigenvalue weighted by Gasteiger charge is -2.16. The van der Waals surface area contributed by atoms with Crippen LogP contribution in [0.4, 0.5) is 5.13 Å². The molecule has 0 saturated carbocycles. The molecule has 2 rings (SSSR count). The van der Waals surface area contributed by atoms with Crippen LogP contribution in [0.1, 0.15) is 42.7 Å². The molecule has 0 bridgehead atoms. The molecule has 6 heteroatoms. The SMILES string of the molecule is CCOCCCNc1nc2c(s1)CCCC2C(=O)O. The van der Waals surface area contributed by atoms with E-state index in [2.05, 4.69) is 10.3 Å². The molecule has 106 valence electrons. The Labute approximate surface area is 117 Å². The van der Waals surface area contributed by atoms with Crippen molar-refractivity contribution in [3.05, 3.63) is 10.6 Å². The Kier molecular flexibility index (Phi) is 5.15. The smallest absolute Gasteiger partial charge is 0.312 e. The average molecular weight is 284 g/mol. The van der Waals surface area contributed by atoms with Gasteiger partial charge in [0.05, 0.1) is 5.69 Å². The van der Waals surface area contributed by atoms with Crippen molar-refractivity contribution in [3.8, 4) is 0 Å². The van der Waals surface area contributed by atoms with Crippen molar-refractivity contribution in [2.24, 2.45) is 0 Å². The summed E-state index contributed by atoms with van der Waals surface area (Å²) in [5.41, 5.74) is 0.774. The quantitative estimate of drug-likeness (QED) is 0.753. The first-order chi connectivity index (χ1) is 9.22. The van der Waals surface area contributed by atoms with Gasteiger partial charge in [-0.15, -0.1) is 11.3 Å². The fraction of sp³-hybridized carbons (Fsp3) is 0.692. The van der Waals surface area contributed by atoms with Crippen molar-refractivity contribution >= 4 is 22.4 Å². The number of rotatable bonds is 7. The minimum absolute atomic E-state index is 0.418. The van der Waals surface area contributed by atoms with Crippen LogP contribution in [0.15, 0.2) is 0 Å². The molecule has 0 spiro atoms. The summed E-state index contributed by atoms with van der Waals surface area (Å²) in [5, 5.41) is 13.3. The Balaban J connectivity index is 1.91. The van der Waals surface area contributed by atoms with Crippen LogP contribution in [0.2, 0.25) is 0 Å². The van der Waals surface area contributed by atoms with Gasteiger partial charge >= 0.3 is 5.97 Å². The number of aliphatic carboxylic acids is 1. The van der Waals surface area contributed by atoms with Gasteiger partial charge < -0.3 is 15.2 Å². The number of hydrogen-bond donors (Lipinski definition) is 2. The normalized spacial score (nSPS) is 18.1. The third-order valence-corrected chi connectivity index (χ3v) is 4.29. The maximum Gasteiger partial charge on any atom is 0.312 e. The Morgan fingerprint density at radius 2 is 2.47 bits per heavy atom. The molecule has 5 nitrogen and oxygen atoms in total. The van der Waals surface area contributed by atoms with Crippen molar-refractivity contribution in [2.45, 2.75) is 38.5 Å². The molecule has 0 amide bonds. The van der Waals surface area contributed by atoms with Gasteiger partial charge in [-0.3, -0.25) is 4.79 Å². The number of fused-ring (bicyclic) bond motifs is 1. The van der Waals surface area contributed by atoms with Crippen molar-refractivity contribution in [1.82, 2.24) is 4.98 Å². The van der Waals surface area contributed by atoms with Crippen LogP contribution in [-0.4, -0.2) is 35.8 Å². The Morgan fingerprint density at radius 3 is 3.21 bits per heavy atom. The standard InChI is InChI=1S/C13H20N2O3S/c1-2-18-8-4-7-14-13-15-11-9(12(16)17)5-3-6-10(11)19-13/h9H,2-8H2,1H3,(H,14,15)(H,16,17). The monoisotopic (exact) mass is 284 g/mol. The van der Waals surface area contributed by atoms with Gasteiger partial charge in [-0.05, 0) is 32.6 Å². The zero-order chi connectivity index (χ0) is 13.7. The average Bonchev–Trinajstić information content (AvgIpc) is 2.80. The molecule has 0 aliphatic heterocycles. The van der Waals surface area contributed by atoms with E-state index in [1.807, 2.05) is 6.92 Å². The van der Waals surface area contributed by atoms with Crippen molar-refractivity contribution in [2.75, 3.05) is 25.1 Å². The van der Waals surface area contributed by atoms with Crippen LogP contribution in [0.3, 0.4) is 0 Å². The number of anilines is 1. The molecule has 19 heavy (non-hydrogen) atoms. The van der Waals surface area contributed by atoms with Gasteiger partial charge in [-0.1, -0.05) is 0 Å². The van der Waals surface area contributed by atoms with Gasteiger partial charge in [0.1, 0.15) is 5.92 Å². The topological polar surface area (TPSA) is 71.5 Å². The maximum atomic E-state index is 11.2. The minimum Gasteiger partial charge on any atom is -0.481 e. The number of carboxylic acid groups (broad SMARTS) is 1. The second kappa shape index (κ2) is 6.86. The van der Waals surface area contributed by atoms with Crippen LogP contribution in [0.25, 0.3) is 0 Å². The first-order valence-electron chi connectivity index (χ1n) is 6.76. The highest BCUT2D eigenvalue weighted by Crippen LogP contribution is 2.36. The molecule has 0 saturated heterocycles. The zero-order valence-electron chi connectivity index (χ0n) is 11.1. The molecule has 1 heterocycles. The van der Waals surface area contributed by atoms with E-state index in [-0.39, 0.29) is 0 Å². The molecule has 1 atom stereocenters. The van der Waals surface area contributed by atoms with Crippen LogP contribution >= 0.6 is 11.3 Å². The van der Waals surface area contributed by atoms with Crippen molar-refractivity contribution < 1.29 is 14.6 Å². The molecular formula is C13H20N2O3S. The van der Waals surface area contributed by atoms with Gasteiger partial charge in [0.25, 0.3) is 0 Å². The van der Waals surface area contributed by atoms with Gasteiger partial charge in [0.15, 0.2) is 5.13 Å². The van der Waals surface area contributed by atoms with E-state index in [1.54, 1.807) is 11.3 Å². The lowest BCUT2D eigenvalue weighted by molar-refractivity contribution is -0.139. The van der Waals surface area contributed by atoms with E-state index in [4.69, 9.17) is 4.74 Å². The van der Waals surface area contributed by atoms with E-state index in [9.17, 15) is 9.90 Å². The van der Waals surface area contributed by atoms with Crippen molar-refractivity contribution in [3.63, 3.8) is 0 Å². The highest BCUT2D eigenvalue weighted by molar-refractivity contribution is 7.15. The summed E-state index contributed by atoms with van der Waals surface area (Å²) in [5.74, 6) is -1.17.